The predicted molar refractivity (Wildman–Crippen MR) is 110 cm³/mol. The van der Waals surface area contributed by atoms with Gasteiger partial charge in [0.05, 0.1) is 22.7 Å². The summed E-state index contributed by atoms with van der Waals surface area (Å²) in [7, 11) is 0. The second-order valence-corrected chi connectivity index (χ2v) is 7.91. The third kappa shape index (κ3) is 3.77. The zero-order valence-electron chi connectivity index (χ0n) is 15.3. The average molecular weight is 389 g/mol. The highest BCUT2D eigenvalue weighted by Gasteiger charge is 2.25. The third-order valence-corrected chi connectivity index (χ3v) is 5.74. The molecule has 0 saturated heterocycles. The largest absolute Gasteiger partial charge is 0.340 e. The number of anilines is 1. The van der Waals surface area contributed by atoms with Crippen LogP contribution in [0.2, 0.25) is 0 Å². The van der Waals surface area contributed by atoms with Crippen molar-refractivity contribution >= 4 is 29.3 Å². The molecule has 0 spiro atoms. The summed E-state index contributed by atoms with van der Waals surface area (Å²) in [5.41, 5.74) is 2.88. The molecule has 3 aromatic rings. The minimum atomic E-state index is -0.366. The van der Waals surface area contributed by atoms with E-state index in [1.807, 2.05) is 61.5 Å². The van der Waals surface area contributed by atoms with Crippen molar-refractivity contribution in [3.8, 4) is 0 Å². The lowest BCUT2D eigenvalue weighted by molar-refractivity contribution is -0.115. The molecule has 140 valence electrons. The van der Waals surface area contributed by atoms with Gasteiger partial charge >= 0.3 is 0 Å². The summed E-state index contributed by atoms with van der Waals surface area (Å²) in [4.78, 5) is 30.3. The number of thioether (sulfide) groups is 1. The Kier molecular flexibility index (Phi) is 5.12. The van der Waals surface area contributed by atoms with Gasteiger partial charge in [0.1, 0.15) is 0 Å². The van der Waals surface area contributed by atoms with Crippen LogP contribution in [-0.2, 0) is 4.79 Å². The van der Waals surface area contributed by atoms with Gasteiger partial charge in [-0.3, -0.25) is 14.6 Å². The Morgan fingerprint density at radius 1 is 1.11 bits per heavy atom. The lowest BCUT2D eigenvalue weighted by atomic mass is 10.0. The van der Waals surface area contributed by atoms with Gasteiger partial charge in [0.15, 0.2) is 0 Å². The van der Waals surface area contributed by atoms with Crippen LogP contribution in [0.1, 0.15) is 34.6 Å². The smallest absolute Gasteiger partial charge is 0.252 e. The van der Waals surface area contributed by atoms with Gasteiger partial charge in [-0.2, -0.15) is 0 Å². The van der Waals surface area contributed by atoms with E-state index in [-0.39, 0.29) is 23.1 Å². The molecule has 1 aromatic heterocycles. The van der Waals surface area contributed by atoms with Crippen LogP contribution in [0.4, 0.5) is 5.69 Å². The first-order chi connectivity index (χ1) is 13.6. The maximum Gasteiger partial charge on any atom is 0.252 e. The Balaban J connectivity index is 1.62. The Labute approximate surface area is 167 Å². The van der Waals surface area contributed by atoms with Crippen LogP contribution in [0.5, 0.6) is 0 Å². The van der Waals surface area contributed by atoms with E-state index in [0.29, 0.717) is 11.3 Å². The van der Waals surface area contributed by atoms with E-state index >= 15 is 0 Å². The number of fused-ring (bicyclic) bond motifs is 1. The quantitative estimate of drug-likeness (QED) is 0.707. The van der Waals surface area contributed by atoms with Gasteiger partial charge in [-0.1, -0.05) is 36.4 Å². The topological polar surface area (TPSA) is 71.1 Å². The molecule has 6 heteroatoms. The summed E-state index contributed by atoms with van der Waals surface area (Å²) in [5, 5.41) is 5.80. The summed E-state index contributed by atoms with van der Waals surface area (Å²) in [6.45, 7) is 1.86. The number of amides is 2. The zero-order chi connectivity index (χ0) is 19.5. The summed E-state index contributed by atoms with van der Waals surface area (Å²) in [6.07, 6.45) is 1.71. The monoisotopic (exact) mass is 389 g/mol. The van der Waals surface area contributed by atoms with Crippen LogP contribution in [0.25, 0.3) is 0 Å². The first kappa shape index (κ1) is 18.3. The van der Waals surface area contributed by atoms with Crippen LogP contribution >= 0.6 is 11.8 Å². The van der Waals surface area contributed by atoms with Crippen molar-refractivity contribution in [2.45, 2.75) is 23.1 Å². The highest BCUT2D eigenvalue weighted by Crippen LogP contribution is 2.36. The normalized spacial score (nSPS) is 16.6. The van der Waals surface area contributed by atoms with Crippen LogP contribution in [-0.4, -0.2) is 22.0 Å². The SMILES string of the molecule is CC1Sc2ccc(C(=O)NC(c3ccccc3)c3ccccn3)cc2NC1=O. The summed E-state index contributed by atoms with van der Waals surface area (Å²) < 4.78 is 0. The number of carbonyl (C=O) groups excluding carboxylic acids is 2. The number of hydrogen-bond donors (Lipinski definition) is 2. The Morgan fingerprint density at radius 3 is 2.64 bits per heavy atom. The predicted octanol–water partition coefficient (Wildman–Crippen LogP) is 4.03. The number of carbonyl (C=O) groups is 2. The molecular weight excluding hydrogens is 370 g/mol. The van der Waals surface area contributed by atoms with Gasteiger partial charge in [0, 0.05) is 16.7 Å². The molecule has 1 aliphatic rings. The molecule has 2 aromatic carbocycles. The molecule has 0 bridgehead atoms. The Morgan fingerprint density at radius 2 is 1.89 bits per heavy atom. The number of pyridine rings is 1. The van der Waals surface area contributed by atoms with Crippen molar-refractivity contribution in [2.24, 2.45) is 0 Å². The number of rotatable bonds is 4. The number of nitrogens with zero attached hydrogens (tertiary/aromatic N) is 1. The number of aromatic nitrogens is 1. The Bertz CT molecular complexity index is 969. The molecule has 28 heavy (non-hydrogen) atoms. The van der Waals surface area contributed by atoms with E-state index in [1.165, 1.54) is 11.8 Å². The van der Waals surface area contributed by atoms with E-state index in [0.717, 1.165) is 16.2 Å². The minimum absolute atomic E-state index is 0.0503. The van der Waals surface area contributed by atoms with Crippen LogP contribution in [0.3, 0.4) is 0 Å². The van der Waals surface area contributed by atoms with E-state index in [1.54, 1.807) is 18.3 Å². The molecule has 2 amide bonds. The summed E-state index contributed by atoms with van der Waals surface area (Å²) >= 11 is 1.49. The fourth-order valence-corrected chi connectivity index (χ4v) is 4.02. The van der Waals surface area contributed by atoms with E-state index in [2.05, 4.69) is 15.6 Å². The molecular formula is C22H19N3O2S. The molecule has 0 radical (unpaired) electrons. The second-order valence-electron chi connectivity index (χ2n) is 6.53. The molecule has 0 fully saturated rings. The first-order valence-corrected chi connectivity index (χ1v) is 9.88. The van der Waals surface area contributed by atoms with Crippen molar-refractivity contribution in [3.63, 3.8) is 0 Å². The van der Waals surface area contributed by atoms with Crippen LogP contribution in [0, 0.1) is 0 Å². The summed E-state index contributed by atoms with van der Waals surface area (Å²) in [5.74, 6) is -0.272. The fourth-order valence-electron chi connectivity index (χ4n) is 3.08. The minimum Gasteiger partial charge on any atom is -0.340 e. The maximum atomic E-state index is 13.0. The van der Waals surface area contributed by atoms with Gasteiger partial charge < -0.3 is 10.6 Å². The van der Waals surface area contributed by atoms with Gasteiger partial charge in [-0.05, 0) is 42.8 Å². The highest BCUT2D eigenvalue weighted by atomic mass is 32.2. The molecule has 2 heterocycles. The maximum absolute atomic E-state index is 13.0. The van der Waals surface area contributed by atoms with Gasteiger partial charge in [-0.25, -0.2) is 0 Å². The van der Waals surface area contributed by atoms with Crippen LogP contribution in [0.15, 0.2) is 77.8 Å². The number of hydrogen-bond acceptors (Lipinski definition) is 4. The van der Waals surface area contributed by atoms with Crippen molar-refractivity contribution < 1.29 is 9.59 Å². The summed E-state index contributed by atoms with van der Waals surface area (Å²) in [6, 6.07) is 20.4. The fraction of sp³-hybridized carbons (Fsp3) is 0.136. The van der Waals surface area contributed by atoms with Crippen molar-refractivity contribution in [3.05, 3.63) is 89.7 Å². The standard InChI is InChI=1S/C22H19N3O2S/c1-14-21(26)24-18-13-16(10-11-19(18)28-14)22(27)25-20(15-7-3-2-4-8-15)17-9-5-6-12-23-17/h2-14,20H,1H3,(H,24,26)(H,25,27). The van der Waals surface area contributed by atoms with Crippen molar-refractivity contribution in [1.29, 1.82) is 0 Å². The van der Waals surface area contributed by atoms with E-state index in [9.17, 15) is 9.59 Å². The molecule has 2 N–H and O–H groups in total. The molecule has 2 atom stereocenters. The molecule has 1 aliphatic heterocycles. The van der Waals surface area contributed by atoms with Crippen molar-refractivity contribution in [2.75, 3.05) is 5.32 Å². The first-order valence-electron chi connectivity index (χ1n) is 9.00. The molecule has 0 saturated carbocycles. The number of nitrogens with one attached hydrogen (secondary N) is 2. The van der Waals surface area contributed by atoms with Crippen molar-refractivity contribution in [1.82, 2.24) is 10.3 Å². The van der Waals surface area contributed by atoms with E-state index < -0.39 is 0 Å². The second kappa shape index (κ2) is 7.86. The van der Waals surface area contributed by atoms with Gasteiger partial charge in [0.2, 0.25) is 5.91 Å². The highest BCUT2D eigenvalue weighted by molar-refractivity contribution is 8.00. The third-order valence-electron chi connectivity index (χ3n) is 4.56. The molecule has 5 nitrogen and oxygen atoms in total. The molecule has 0 aliphatic carbocycles. The van der Waals surface area contributed by atoms with Gasteiger partial charge in [-0.15, -0.1) is 11.8 Å². The average Bonchev–Trinajstić information content (AvgIpc) is 2.73. The zero-order valence-corrected chi connectivity index (χ0v) is 16.1. The molecule has 4 rings (SSSR count). The Hall–Kier alpha value is -3.12. The number of benzene rings is 2. The van der Waals surface area contributed by atoms with Crippen LogP contribution < -0.4 is 10.6 Å². The van der Waals surface area contributed by atoms with E-state index in [4.69, 9.17) is 0 Å². The lowest BCUT2D eigenvalue weighted by Gasteiger charge is -2.22. The lowest BCUT2D eigenvalue weighted by Crippen LogP contribution is -2.30. The molecule has 2 unspecified atom stereocenters. The van der Waals surface area contributed by atoms with Gasteiger partial charge in [0.25, 0.3) is 5.91 Å².